The maximum atomic E-state index is 13.4. The smallest absolute Gasteiger partial charge is 0.364 e. The average Bonchev–Trinajstić information content (AvgIpc) is 0.759. The number of amides is 5. The summed E-state index contributed by atoms with van der Waals surface area (Å²) in [4.78, 5) is 90.4. The van der Waals surface area contributed by atoms with Crippen LogP contribution in [0, 0.1) is 0 Å². The number of aliphatic hydroxyl groups excluding tert-OH is 22. The van der Waals surface area contributed by atoms with Gasteiger partial charge >= 0.3 is 11.9 Å². The Kier molecular flexibility index (Phi) is 33.5. The van der Waals surface area contributed by atoms with Crippen molar-refractivity contribution in [2.45, 2.75) is 311 Å². The van der Waals surface area contributed by atoms with Crippen molar-refractivity contribution in [3.63, 3.8) is 0 Å². The zero-order valence-electron chi connectivity index (χ0n) is 62.2. The molecule has 662 valence electrons. The van der Waals surface area contributed by atoms with Gasteiger partial charge in [0.2, 0.25) is 29.5 Å². The van der Waals surface area contributed by atoms with Crippen molar-refractivity contribution < 1.29 is 227 Å². The van der Waals surface area contributed by atoms with E-state index >= 15 is 0 Å². The molecule has 8 aliphatic heterocycles. The molecule has 0 aliphatic carbocycles. The van der Waals surface area contributed by atoms with E-state index in [4.69, 9.17) is 71.1 Å². The van der Waals surface area contributed by atoms with E-state index in [0.29, 0.717) is 0 Å². The van der Waals surface area contributed by atoms with Crippen molar-refractivity contribution in [2.24, 2.45) is 0 Å². The molecule has 29 N–H and O–H groups in total. The quantitative estimate of drug-likeness (QED) is 0.0297. The first-order chi connectivity index (χ1) is 54.0. The topological polar surface area (TPSA) is 804 Å². The van der Waals surface area contributed by atoms with Crippen molar-refractivity contribution >= 4 is 41.5 Å². The van der Waals surface area contributed by atoms with Gasteiger partial charge in [-0.05, 0) is 6.92 Å². The zero-order valence-corrected chi connectivity index (χ0v) is 62.2. The molecule has 51 nitrogen and oxygen atoms in total. The summed E-state index contributed by atoms with van der Waals surface area (Å²) >= 11 is 0. The highest BCUT2D eigenvalue weighted by atomic mass is 16.8. The van der Waals surface area contributed by atoms with Crippen molar-refractivity contribution in [1.82, 2.24) is 26.6 Å². The molecule has 8 rings (SSSR count). The predicted molar refractivity (Wildman–Crippen MR) is 355 cm³/mol. The van der Waals surface area contributed by atoms with Crippen LogP contribution >= 0.6 is 0 Å². The van der Waals surface area contributed by atoms with E-state index in [1.807, 2.05) is 0 Å². The number of hydrogen-bond acceptors (Lipinski definition) is 44. The van der Waals surface area contributed by atoms with E-state index in [1.165, 1.54) is 6.92 Å². The largest absolute Gasteiger partial charge is 0.477 e. The van der Waals surface area contributed by atoms with E-state index in [2.05, 4.69) is 26.6 Å². The summed E-state index contributed by atoms with van der Waals surface area (Å²) in [5, 5.41) is 278. The molecule has 8 saturated heterocycles. The van der Waals surface area contributed by atoms with Gasteiger partial charge < -0.3 is 220 Å². The average molecular weight is 1680 g/mol. The number of carboxylic acid groups (broad SMARTS) is 2. The normalized spacial score (nSPS) is 44.9. The molecule has 5 amide bonds. The molecule has 8 aliphatic rings. The number of hydrogen-bond donors (Lipinski definition) is 29. The lowest BCUT2D eigenvalue weighted by molar-refractivity contribution is -0.392. The highest BCUT2D eigenvalue weighted by molar-refractivity contribution is 5.78. The van der Waals surface area contributed by atoms with Crippen LogP contribution in [0.4, 0.5) is 0 Å². The minimum Gasteiger partial charge on any atom is -0.477 e. The third-order valence-electron chi connectivity index (χ3n) is 20.5. The summed E-state index contributed by atoms with van der Waals surface area (Å²) < 4.78 is 88.8. The SMILES string of the molecule is CC(=O)N[C@@H]1[C@@H](O[C@@H]2O[C@H](CO)[C@@H](O[C@@H]3O[C@H](CO)[C@H](O)[C@H](O[C@]4(C(=O)O)C[C@H](O)[C@@H](NC(C)=O)[C@H]([C@H](O)[C@H](O)CO)O4)[C@H]3O)[C@H](O)[C@H]2NC(C)=O)[C@@H](O)[C@@H](CO[C@@H]2O[C@H](CO)[C@@H](O[C@@H]3O[C@H](CO)[C@H](O)[C@H](O[C@]4(C(=O)O)C[C@H](O)[C@@H](NC(C)=O)[C@H]([C@H](O)[C@H](O)CO)O4)[C@H]3O)[C@H](O[C@@H]3O[C@@H](C)[C@@H](O)[C@@H](O)[C@@H]3O)[C@H]2NC(C)=O)O[C@@H]1O. The molecule has 115 heavy (non-hydrogen) atoms. The molecular formula is C64H105N5O46. The van der Waals surface area contributed by atoms with Gasteiger partial charge in [0.1, 0.15) is 177 Å². The van der Waals surface area contributed by atoms with Crippen molar-refractivity contribution in [2.75, 3.05) is 46.2 Å². The van der Waals surface area contributed by atoms with E-state index in [-0.39, 0.29) is 0 Å². The number of carbonyl (C=O) groups excluding carboxylic acids is 5. The molecule has 0 aromatic carbocycles. The number of ether oxygens (including phenoxy) is 15. The summed E-state index contributed by atoms with van der Waals surface area (Å²) in [6.07, 6.45) is -78.2. The van der Waals surface area contributed by atoms with Gasteiger partial charge in [-0.3, -0.25) is 24.0 Å². The van der Waals surface area contributed by atoms with E-state index < -0.39 is 357 Å². The Bertz CT molecular complexity index is 3220. The van der Waals surface area contributed by atoms with Crippen molar-refractivity contribution in [1.29, 1.82) is 0 Å². The predicted octanol–water partition coefficient (Wildman–Crippen LogP) is -18.3. The van der Waals surface area contributed by atoms with Crippen molar-refractivity contribution in [3.8, 4) is 0 Å². The monoisotopic (exact) mass is 1680 g/mol. The van der Waals surface area contributed by atoms with Gasteiger partial charge in [0.15, 0.2) is 37.7 Å². The van der Waals surface area contributed by atoms with Crippen LogP contribution in [0.25, 0.3) is 0 Å². The second-order valence-corrected chi connectivity index (χ2v) is 28.9. The minimum atomic E-state index is -3.32. The first-order valence-corrected chi connectivity index (χ1v) is 36.2. The van der Waals surface area contributed by atoms with E-state index in [0.717, 1.165) is 34.6 Å². The van der Waals surface area contributed by atoms with Crippen molar-refractivity contribution in [3.05, 3.63) is 0 Å². The lowest BCUT2D eigenvalue weighted by Crippen LogP contribution is -2.72. The number of rotatable bonds is 32. The minimum absolute atomic E-state index is 0.866. The van der Waals surface area contributed by atoms with Crippen LogP contribution in [0.5, 0.6) is 0 Å². The molecule has 8 heterocycles. The van der Waals surface area contributed by atoms with Crippen LogP contribution < -0.4 is 26.6 Å². The highest BCUT2D eigenvalue weighted by Gasteiger charge is 2.64. The lowest BCUT2D eigenvalue weighted by Gasteiger charge is -2.52. The molecule has 51 heteroatoms. The second kappa shape index (κ2) is 40.5. The van der Waals surface area contributed by atoms with Gasteiger partial charge in [0, 0.05) is 47.5 Å². The van der Waals surface area contributed by atoms with Crippen LogP contribution in [-0.2, 0) is 105 Å². The molecule has 0 unspecified atom stereocenters. The fraction of sp³-hybridized carbons (Fsp3) is 0.891. The molecule has 0 aromatic rings. The third kappa shape index (κ3) is 21.2. The lowest BCUT2D eigenvalue weighted by atomic mass is 9.88. The van der Waals surface area contributed by atoms with E-state index in [9.17, 15) is 156 Å². The molecular weight excluding hydrogens is 1570 g/mol. The summed E-state index contributed by atoms with van der Waals surface area (Å²) in [5.74, 6) is -15.6. The maximum absolute atomic E-state index is 13.4. The van der Waals surface area contributed by atoms with Crippen LogP contribution in [-0.4, -0.2) is 467 Å². The van der Waals surface area contributed by atoms with Gasteiger partial charge in [-0.1, -0.05) is 0 Å². The summed E-state index contributed by atoms with van der Waals surface area (Å²) in [6, 6.07) is -9.38. The molecule has 0 radical (unpaired) electrons. The first kappa shape index (κ1) is 95.3. The Balaban J connectivity index is 1.07. The first-order valence-electron chi connectivity index (χ1n) is 36.2. The fourth-order valence-corrected chi connectivity index (χ4v) is 14.7. The van der Waals surface area contributed by atoms with Crippen LogP contribution in [0.1, 0.15) is 54.4 Å². The van der Waals surface area contributed by atoms with Crippen LogP contribution in [0.3, 0.4) is 0 Å². The summed E-state index contributed by atoms with van der Waals surface area (Å²) in [6.45, 7) is -2.52. The molecule has 0 aromatic heterocycles. The highest BCUT2D eigenvalue weighted by Crippen LogP contribution is 2.43. The molecule has 0 bridgehead atoms. The van der Waals surface area contributed by atoms with Gasteiger partial charge in [-0.25, -0.2) is 9.59 Å². The van der Waals surface area contributed by atoms with E-state index in [1.54, 1.807) is 0 Å². The number of nitrogens with one attached hydrogen (secondary N) is 5. The molecule has 8 fully saturated rings. The number of aliphatic hydroxyl groups is 22. The van der Waals surface area contributed by atoms with Crippen LogP contribution in [0.2, 0.25) is 0 Å². The number of carboxylic acids is 2. The summed E-state index contributed by atoms with van der Waals surface area (Å²) in [5.41, 5.74) is 0. The van der Waals surface area contributed by atoms with Crippen LogP contribution in [0.15, 0.2) is 0 Å². The Morgan fingerprint density at radius 3 is 1.17 bits per heavy atom. The van der Waals surface area contributed by atoms with Gasteiger partial charge in [-0.2, -0.15) is 0 Å². The third-order valence-corrected chi connectivity index (χ3v) is 20.5. The molecule has 42 atom stereocenters. The Labute approximate surface area is 650 Å². The molecule has 0 spiro atoms. The maximum Gasteiger partial charge on any atom is 0.364 e. The van der Waals surface area contributed by atoms with Gasteiger partial charge in [-0.15, -0.1) is 0 Å². The Hall–Kier alpha value is -5.19. The molecule has 0 saturated carbocycles. The summed E-state index contributed by atoms with van der Waals surface area (Å²) in [7, 11) is 0. The Morgan fingerprint density at radius 1 is 0.374 bits per heavy atom. The van der Waals surface area contributed by atoms with Gasteiger partial charge in [0.05, 0.1) is 76.6 Å². The standard InChI is InChI=1S/C64H105N5O46/c1-16-36(85)43(92)44(93)58(102-16)111-52-35(69-21(6)80)56(106-29(14-75)48(52)109-60-46(95)54(40(89)27(12-73)105-60)115-64(62(99)100)8-23(82)32(66-18(3)77)51(113-64)38(87)25(84)10-71)101-15-30-41(90)49(34(55(96)103-30)68-20(5)79)110-57-33(67-19(4)78)42(91)47(28(13-74)107-57)108-59-45(94)53(39(88)26(11-72)104-59)114-63(61(97)98)7-22(81)31(65-17(2)76)50(112-63)37(86)24(83)9-70/h16,22-60,70-75,81-96H,7-15H2,1-6H3,(H,65,76)(H,66,77)(H,67,78)(H,68,79)(H,69,80)(H,97,98)(H,99,100)/t16-,22-,23-,24+,25+,26+,27+,28+,29+,30+,31+,32+,33+,34+,35+,36+,37+,38+,39-,40-,41-,42+,43+,44-,45+,46+,47+,48+,49+,50+,51+,52+,53-,54-,55-,56+,57-,58-,59-,60-,63-,64-/m0/s1. The Morgan fingerprint density at radius 2 is 0.739 bits per heavy atom. The fourth-order valence-electron chi connectivity index (χ4n) is 14.7. The second-order valence-electron chi connectivity index (χ2n) is 28.9. The van der Waals surface area contributed by atoms with Gasteiger partial charge in [0.25, 0.3) is 11.6 Å². The number of carbonyl (C=O) groups is 7. The zero-order chi connectivity index (χ0) is 85.6. The number of aliphatic carboxylic acids is 2.